The van der Waals surface area contributed by atoms with Gasteiger partial charge in [-0.05, 0) is 47.5 Å². The molecule has 2 heterocycles. The number of amides is 1. The molecule has 7 heteroatoms. The van der Waals surface area contributed by atoms with Crippen molar-refractivity contribution < 1.29 is 9.59 Å². The van der Waals surface area contributed by atoms with Crippen LogP contribution in [-0.2, 0) is 9.59 Å². The third-order valence-corrected chi connectivity index (χ3v) is 6.87. The second kappa shape index (κ2) is 10.5. The van der Waals surface area contributed by atoms with Gasteiger partial charge in [-0.15, -0.1) is 11.3 Å². The maximum absolute atomic E-state index is 13.4. The van der Waals surface area contributed by atoms with Gasteiger partial charge in [0.25, 0.3) is 0 Å². The Morgan fingerprint density at radius 1 is 1.06 bits per heavy atom. The van der Waals surface area contributed by atoms with Crippen LogP contribution in [0.15, 0.2) is 72.1 Å². The van der Waals surface area contributed by atoms with Gasteiger partial charge in [-0.3, -0.25) is 9.59 Å². The zero-order chi connectivity index (χ0) is 23.2. The predicted molar refractivity (Wildman–Crippen MR) is 129 cm³/mol. The topological polar surface area (TPSA) is 108 Å². The molecular formula is C26H26N4O2S. The molecule has 1 amide bonds. The first-order valence-corrected chi connectivity index (χ1v) is 11.9. The fourth-order valence-electron chi connectivity index (χ4n) is 4.33. The van der Waals surface area contributed by atoms with Crippen LogP contribution in [0.25, 0.3) is 0 Å². The van der Waals surface area contributed by atoms with Crippen molar-refractivity contribution in [2.75, 3.05) is 6.54 Å². The Bertz CT molecular complexity index is 1090. The first-order chi connectivity index (χ1) is 16.1. The Morgan fingerprint density at radius 3 is 2.21 bits per heavy atom. The lowest BCUT2D eigenvalue weighted by Gasteiger charge is -2.27. The number of hydrogen-bond acceptors (Lipinski definition) is 6. The van der Waals surface area contributed by atoms with E-state index in [1.165, 1.54) is 11.3 Å². The smallest absolute Gasteiger partial charge is 0.238 e. The molecule has 3 atom stereocenters. The van der Waals surface area contributed by atoms with Gasteiger partial charge in [-0.25, -0.2) is 0 Å². The van der Waals surface area contributed by atoms with E-state index < -0.39 is 18.0 Å². The molecule has 3 aromatic rings. The summed E-state index contributed by atoms with van der Waals surface area (Å²) >= 11 is 1.26. The lowest BCUT2D eigenvalue weighted by Crippen LogP contribution is -2.49. The highest BCUT2D eigenvalue weighted by Crippen LogP contribution is 2.29. The van der Waals surface area contributed by atoms with Gasteiger partial charge in [0.15, 0.2) is 5.78 Å². The van der Waals surface area contributed by atoms with Crippen molar-refractivity contribution in [3.05, 3.63) is 93.7 Å². The number of hydrogen-bond donors (Lipinski definition) is 3. The molecular weight excluding hydrogens is 432 g/mol. The van der Waals surface area contributed by atoms with Crippen molar-refractivity contribution in [3.63, 3.8) is 0 Å². The van der Waals surface area contributed by atoms with Crippen LogP contribution in [0.1, 0.15) is 46.4 Å². The molecule has 6 nitrogen and oxygen atoms in total. The minimum atomic E-state index is -0.907. The van der Waals surface area contributed by atoms with E-state index in [1.807, 2.05) is 60.7 Å². The molecule has 1 unspecified atom stereocenters. The summed E-state index contributed by atoms with van der Waals surface area (Å²) < 4.78 is 0. The van der Waals surface area contributed by atoms with E-state index in [2.05, 4.69) is 16.7 Å². The molecule has 0 spiro atoms. The number of carbonyl (C=O) groups is 2. The van der Waals surface area contributed by atoms with Gasteiger partial charge in [0.1, 0.15) is 17.0 Å². The number of ketones is 1. The molecule has 1 aliphatic rings. The minimum absolute atomic E-state index is 0.105. The highest BCUT2D eigenvalue weighted by molar-refractivity contribution is 7.10. The van der Waals surface area contributed by atoms with Gasteiger partial charge in [0.2, 0.25) is 5.91 Å². The van der Waals surface area contributed by atoms with E-state index in [9.17, 15) is 14.9 Å². The molecule has 0 radical (unpaired) electrons. The van der Waals surface area contributed by atoms with Crippen molar-refractivity contribution >= 4 is 23.0 Å². The number of nitrogens with one attached hydrogen (secondary N) is 2. The average Bonchev–Trinajstić information content (AvgIpc) is 3.56. The molecule has 33 heavy (non-hydrogen) atoms. The largest absolute Gasteiger partial charge is 0.341 e. The number of nitriles is 1. The summed E-state index contributed by atoms with van der Waals surface area (Å²) in [6.45, 7) is 0.772. The van der Waals surface area contributed by atoms with Crippen LogP contribution in [-0.4, -0.2) is 30.3 Å². The van der Waals surface area contributed by atoms with Crippen molar-refractivity contribution in [2.45, 2.75) is 36.9 Å². The maximum atomic E-state index is 13.4. The monoisotopic (exact) mass is 458 g/mol. The van der Waals surface area contributed by atoms with E-state index in [0.717, 1.165) is 30.5 Å². The third-order valence-electron chi connectivity index (χ3n) is 6.02. The zero-order valence-electron chi connectivity index (χ0n) is 18.1. The van der Waals surface area contributed by atoms with Gasteiger partial charge in [-0.1, -0.05) is 60.7 Å². The van der Waals surface area contributed by atoms with Crippen molar-refractivity contribution in [1.82, 2.24) is 10.6 Å². The summed E-state index contributed by atoms with van der Waals surface area (Å²) in [7, 11) is 0. The van der Waals surface area contributed by atoms with Crippen molar-refractivity contribution in [1.29, 1.82) is 5.26 Å². The Morgan fingerprint density at radius 2 is 1.70 bits per heavy atom. The Hall–Kier alpha value is -3.31. The molecule has 1 aliphatic heterocycles. The SMILES string of the molecule is N#Cc1cc(C(NC(=O)[C@H](N)C(c2ccccc2)c2ccccc2)C(=O)[C@@H]2CCCN2)cs1. The maximum Gasteiger partial charge on any atom is 0.238 e. The van der Waals surface area contributed by atoms with E-state index in [-0.39, 0.29) is 17.7 Å². The number of Topliss-reactive ketones (excluding diaryl/α,β-unsaturated/α-hetero) is 1. The van der Waals surface area contributed by atoms with E-state index >= 15 is 0 Å². The molecule has 1 aromatic heterocycles. The fraction of sp³-hybridized carbons (Fsp3) is 0.269. The average molecular weight is 459 g/mol. The van der Waals surface area contributed by atoms with Crippen molar-refractivity contribution in [3.8, 4) is 6.07 Å². The van der Waals surface area contributed by atoms with Crippen molar-refractivity contribution in [2.24, 2.45) is 5.73 Å². The summed E-state index contributed by atoms with van der Waals surface area (Å²) in [4.78, 5) is 27.2. The Balaban J connectivity index is 1.63. The van der Waals surface area contributed by atoms with Crippen LogP contribution in [0, 0.1) is 11.3 Å². The summed E-state index contributed by atoms with van der Waals surface area (Å²) in [5, 5.41) is 17.1. The molecule has 1 fully saturated rings. The van der Waals surface area contributed by atoms with Crippen LogP contribution in [0.2, 0.25) is 0 Å². The Kier molecular flexibility index (Phi) is 7.30. The minimum Gasteiger partial charge on any atom is -0.341 e. The third kappa shape index (κ3) is 5.20. The molecule has 1 saturated heterocycles. The molecule has 0 saturated carbocycles. The van der Waals surface area contributed by atoms with E-state index in [4.69, 9.17) is 5.73 Å². The molecule has 4 rings (SSSR count). The van der Waals surface area contributed by atoms with Gasteiger partial charge < -0.3 is 16.4 Å². The molecule has 168 valence electrons. The first-order valence-electron chi connectivity index (χ1n) is 11.0. The van der Waals surface area contributed by atoms with Crippen LogP contribution in [0.5, 0.6) is 0 Å². The van der Waals surface area contributed by atoms with Gasteiger partial charge in [0, 0.05) is 5.92 Å². The van der Waals surface area contributed by atoms with Crippen LogP contribution >= 0.6 is 11.3 Å². The first kappa shape index (κ1) is 22.9. The lowest BCUT2D eigenvalue weighted by molar-refractivity contribution is -0.129. The van der Waals surface area contributed by atoms with Gasteiger partial charge >= 0.3 is 0 Å². The number of nitrogens with zero attached hydrogens (tertiary/aromatic N) is 1. The molecule has 0 bridgehead atoms. The standard InChI is InChI=1S/C26H26N4O2S/c27-15-20-14-19(16-33-20)24(25(31)21-12-7-13-29-21)30-26(32)23(28)22(17-8-3-1-4-9-17)18-10-5-2-6-11-18/h1-6,8-11,14,16,21-24,29H,7,12-13,28H2,(H,30,32)/t21-,23+,24?/m0/s1. The fourth-order valence-corrected chi connectivity index (χ4v) is 5.05. The summed E-state index contributed by atoms with van der Waals surface area (Å²) in [6.07, 6.45) is 1.64. The van der Waals surface area contributed by atoms with E-state index in [1.54, 1.807) is 11.4 Å². The van der Waals surface area contributed by atoms with Crippen LogP contribution < -0.4 is 16.4 Å². The van der Waals surface area contributed by atoms with Crippen LogP contribution in [0.3, 0.4) is 0 Å². The summed E-state index contributed by atoms with van der Waals surface area (Å²) in [5.74, 6) is -0.884. The molecule has 0 aliphatic carbocycles. The van der Waals surface area contributed by atoms with Gasteiger partial charge in [-0.2, -0.15) is 5.26 Å². The summed E-state index contributed by atoms with van der Waals surface area (Å²) in [5.41, 5.74) is 9.02. The van der Waals surface area contributed by atoms with Crippen LogP contribution in [0.4, 0.5) is 0 Å². The number of benzene rings is 2. The molecule has 2 aromatic carbocycles. The van der Waals surface area contributed by atoms with Gasteiger partial charge in [0.05, 0.1) is 12.1 Å². The second-order valence-electron chi connectivity index (χ2n) is 8.17. The summed E-state index contributed by atoms with van der Waals surface area (Å²) in [6, 6.07) is 21.0. The number of carbonyl (C=O) groups excluding carboxylic acids is 2. The highest BCUT2D eigenvalue weighted by Gasteiger charge is 2.35. The number of nitrogens with two attached hydrogens (primary N) is 1. The van der Waals surface area contributed by atoms with E-state index in [0.29, 0.717) is 10.4 Å². The quantitative estimate of drug-likeness (QED) is 0.480. The number of thiophene rings is 1. The lowest BCUT2D eigenvalue weighted by atomic mass is 9.84. The predicted octanol–water partition coefficient (Wildman–Crippen LogP) is 3.26. The second-order valence-corrected chi connectivity index (χ2v) is 9.09. The Labute approximate surface area is 197 Å². The zero-order valence-corrected chi connectivity index (χ0v) is 18.9. The molecule has 4 N–H and O–H groups in total. The highest BCUT2D eigenvalue weighted by atomic mass is 32.1. The normalized spacial score (nSPS) is 17.3. The number of rotatable bonds is 8.